The molecule has 1 aliphatic heterocycles. The van der Waals surface area contributed by atoms with Gasteiger partial charge >= 0.3 is 0 Å². The molecule has 0 N–H and O–H groups in total. The van der Waals surface area contributed by atoms with Crippen molar-refractivity contribution in [1.29, 1.82) is 0 Å². The second kappa shape index (κ2) is 7.51. The van der Waals surface area contributed by atoms with E-state index in [1.807, 2.05) is 38.1 Å². The minimum absolute atomic E-state index is 0.336. The molecule has 2 aromatic heterocycles. The number of aromatic nitrogens is 1. The Kier molecular flexibility index (Phi) is 5.22. The molecule has 1 saturated heterocycles. The fourth-order valence-corrected chi connectivity index (χ4v) is 7.02. The lowest BCUT2D eigenvalue weighted by molar-refractivity contribution is 0.384. The zero-order valence-electron chi connectivity index (χ0n) is 15.6. The molecule has 0 aliphatic carbocycles. The molecule has 0 radical (unpaired) electrons. The zero-order chi connectivity index (χ0) is 19.9. The van der Waals surface area contributed by atoms with Gasteiger partial charge in [0.2, 0.25) is 10.0 Å². The summed E-state index contributed by atoms with van der Waals surface area (Å²) in [4.78, 5) is 4.16. The number of sulfonamides is 1. The average Bonchev–Trinajstić information content (AvgIpc) is 3.29. The lowest BCUT2D eigenvalue weighted by Crippen LogP contribution is -2.48. The SMILES string of the molecule is Cc1sc(C)c(S(=O)(=O)N2CCN(c3cccc(Cl)c3)CC2)c1-c1ccno1. The van der Waals surface area contributed by atoms with E-state index in [4.69, 9.17) is 16.1 Å². The van der Waals surface area contributed by atoms with Crippen LogP contribution in [-0.4, -0.2) is 44.1 Å². The maximum absolute atomic E-state index is 13.5. The Balaban J connectivity index is 1.61. The second-order valence-electron chi connectivity index (χ2n) is 6.67. The Hall–Kier alpha value is -1.87. The van der Waals surface area contributed by atoms with Crippen LogP contribution in [0.15, 0.2) is 45.9 Å². The van der Waals surface area contributed by atoms with E-state index in [2.05, 4.69) is 10.1 Å². The van der Waals surface area contributed by atoms with Crippen LogP contribution in [0.3, 0.4) is 0 Å². The van der Waals surface area contributed by atoms with Crippen molar-refractivity contribution >= 4 is 38.6 Å². The number of rotatable bonds is 4. The van der Waals surface area contributed by atoms with Gasteiger partial charge in [0.1, 0.15) is 4.90 Å². The van der Waals surface area contributed by atoms with Crippen LogP contribution in [0.1, 0.15) is 9.75 Å². The van der Waals surface area contributed by atoms with Gasteiger partial charge in [0.25, 0.3) is 0 Å². The standard InChI is InChI=1S/C19H20ClN3O3S2/c1-13-18(17-6-7-21-26-17)19(14(2)27-13)28(24,25)23-10-8-22(9-11-23)16-5-3-4-15(20)12-16/h3-7,12H,8-11H2,1-2H3. The molecule has 1 aromatic carbocycles. The molecule has 0 atom stereocenters. The van der Waals surface area contributed by atoms with Crippen LogP contribution < -0.4 is 4.90 Å². The highest BCUT2D eigenvalue weighted by Gasteiger charge is 2.34. The molecule has 28 heavy (non-hydrogen) atoms. The average molecular weight is 438 g/mol. The first-order valence-corrected chi connectivity index (χ1v) is 11.5. The molecular weight excluding hydrogens is 418 g/mol. The van der Waals surface area contributed by atoms with Crippen LogP contribution in [0.5, 0.6) is 0 Å². The first-order valence-electron chi connectivity index (χ1n) is 8.89. The van der Waals surface area contributed by atoms with Crippen LogP contribution in [0.25, 0.3) is 11.3 Å². The van der Waals surface area contributed by atoms with Gasteiger partial charge in [0.15, 0.2) is 5.76 Å². The summed E-state index contributed by atoms with van der Waals surface area (Å²) in [7, 11) is -3.64. The van der Waals surface area contributed by atoms with Gasteiger partial charge < -0.3 is 9.42 Å². The second-order valence-corrected chi connectivity index (χ2v) is 10.4. The molecule has 6 nitrogen and oxygen atoms in total. The van der Waals surface area contributed by atoms with Crippen LogP contribution in [0.4, 0.5) is 5.69 Å². The summed E-state index contributed by atoms with van der Waals surface area (Å²) in [5, 5.41) is 4.41. The van der Waals surface area contributed by atoms with Crippen molar-refractivity contribution in [3.8, 4) is 11.3 Å². The molecule has 0 amide bonds. The molecule has 3 heterocycles. The molecular formula is C19H20ClN3O3S2. The van der Waals surface area contributed by atoms with Crippen molar-refractivity contribution in [2.75, 3.05) is 31.1 Å². The lowest BCUT2D eigenvalue weighted by atomic mass is 10.2. The van der Waals surface area contributed by atoms with Crippen molar-refractivity contribution < 1.29 is 12.9 Å². The van der Waals surface area contributed by atoms with E-state index in [0.717, 1.165) is 15.4 Å². The lowest BCUT2D eigenvalue weighted by Gasteiger charge is -2.35. The summed E-state index contributed by atoms with van der Waals surface area (Å²) in [6, 6.07) is 9.33. The van der Waals surface area contributed by atoms with Gasteiger partial charge in [-0.15, -0.1) is 11.3 Å². The highest BCUT2D eigenvalue weighted by molar-refractivity contribution is 7.89. The Bertz CT molecular complexity index is 1090. The van der Waals surface area contributed by atoms with E-state index in [1.54, 1.807) is 10.4 Å². The number of hydrogen-bond acceptors (Lipinski definition) is 6. The van der Waals surface area contributed by atoms with E-state index in [1.165, 1.54) is 17.5 Å². The number of thiophene rings is 1. The molecule has 0 unspecified atom stereocenters. The van der Waals surface area contributed by atoms with Crippen LogP contribution in [0.2, 0.25) is 5.02 Å². The fourth-order valence-electron chi connectivity index (χ4n) is 3.59. The summed E-state index contributed by atoms with van der Waals surface area (Å²) < 4.78 is 33.8. The Morgan fingerprint density at radius 2 is 1.86 bits per heavy atom. The Labute approximate surface area is 173 Å². The number of nitrogens with zero attached hydrogens (tertiary/aromatic N) is 3. The molecule has 0 bridgehead atoms. The summed E-state index contributed by atoms with van der Waals surface area (Å²) >= 11 is 7.55. The number of piperazine rings is 1. The minimum atomic E-state index is -3.64. The molecule has 1 aliphatic rings. The molecule has 148 valence electrons. The third-order valence-electron chi connectivity index (χ3n) is 4.90. The topological polar surface area (TPSA) is 66.7 Å². The molecule has 0 saturated carbocycles. The number of hydrogen-bond donors (Lipinski definition) is 0. The van der Waals surface area contributed by atoms with E-state index in [9.17, 15) is 8.42 Å². The van der Waals surface area contributed by atoms with E-state index in [-0.39, 0.29) is 0 Å². The quantitative estimate of drug-likeness (QED) is 0.612. The predicted octanol–water partition coefficient (Wildman–Crippen LogP) is 4.18. The van der Waals surface area contributed by atoms with E-state index >= 15 is 0 Å². The van der Waals surface area contributed by atoms with Gasteiger partial charge in [0.05, 0.1) is 11.8 Å². The van der Waals surface area contributed by atoms with Crippen molar-refractivity contribution in [1.82, 2.24) is 9.46 Å². The first-order chi connectivity index (χ1) is 13.4. The predicted molar refractivity (Wildman–Crippen MR) is 112 cm³/mol. The van der Waals surface area contributed by atoms with E-state index in [0.29, 0.717) is 47.4 Å². The van der Waals surface area contributed by atoms with Crippen LogP contribution in [0, 0.1) is 13.8 Å². The normalized spacial score (nSPS) is 15.9. The molecule has 3 aromatic rings. The summed E-state index contributed by atoms with van der Waals surface area (Å²) in [5.41, 5.74) is 1.63. The highest BCUT2D eigenvalue weighted by Crippen LogP contribution is 2.40. The number of anilines is 1. The summed E-state index contributed by atoms with van der Waals surface area (Å²) in [6.45, 7) is 5.80. The monoisotopic (exact) mass is 437 g/mol. The van der Waals surface area contributed by atoms with Crippen molar-refractivity contribution in [2.24, 2.45) is 0 Å². The highest BCUT2D eigenvalue weighted by atomic mass is 35.5. The summed E-state index contributed by atoms with van der Waals surface area (Å²) in [5.74, 6) is 0.484. The Morgan fingerprint density at radius 3 is 2.50 bits per heavy atom. The molecule has 4 rings (SSSR count). The van der Waals surface area contributed by atoms with Crippen molar-refractivity contribution in [3.05, 3.63) is 51.3 Å². The maximum atomic E-state index is 13.5. The largest absolute Gasteiger partial charge is 0.369 e. The van der Waals surface area contributed by atoms with Crippen LogP contribution in [-0.2, 0) is 10.0 Å². The van der Waals surface area contributed by atoms with Gasteiger partial charge in [-0.2, -0.15) is 4.31 Å². The van der Waals surface area contributed by atoms with Gasteiger partial charge in [-0.05, 0) is 32.0 Å². The number of aryl methyl sites for hydroxylation is 2. The van der Waals surface area contributed by atoms with E-state index < -0.39 is 10.0 Å². The van der Waals surface area contributed by atoms with Gasteiger partial charge in [-0.25, -0.2) is 8.42 Å². The third-order valence-corrected chi connectivity index (χ3v) is 8.36. The van der Waals surface area contributed by atoms with Gasteiger partial charge in [-0.3, -0.25) is 0 Å². The minimum Gasteiger partial charge on any atom is -0.369 e. The van der Waals surface area contributed by atoms with Crippen molar-refractivity contribution in [3.63, 3.8) is 0 Å². The first kappa shape index (κ1) is 19.4. The fraction of sp³-hybridized carbons (Fsp3) is 0.316. The smallest absolute Gasteiger partial charge is 0.245 e. The molecule has 0 spiro atoms. The van der Waals surface area contributed by atoms with Crippen molar-refractivity contribution in [2.45, 2.75) is 18.7 Å². The Morgan fingerprint density at radius 1 is 1.11 bits per heavy atom. The number of benzene rings is 1. The van der Waals surface area contributed by atoms with Crippen LogP contribution >= 0.6 is 22.9 Å². The third kappa shape index (κ3) is 3.45. The maximum Gasteiger partial charge on any atom is 0.245 e. The number of halogens is 1. The zero-order valence-corrected chi connectivity index (χ0v) is 17.9. The van der Waals surface area contributed by atoms with Gasteiger partial charge in [0, 0.05) is 52.7 Å². The van der Waals surface area contributed by atoms with Gasteiger partial charge in [-0.1, -0.05) is 22.8 Å². The summed E-state index contributed by atoms with van der Waals surface area (Å²) in [6.07, 6.45) is 1.53. The molecule has 1 fully saturated rings. The molecule has 9 heteroatoms.